The topological polar surface area (TPSA) is 60.4 Å². The molecule has 0 unspecified atom stereocenters. The summed E-state index contributed by atoms with van der Waals surface area (Å²) < 4.78 is 0. The summed E-state index contributed by atoms with van der Waals surface area (Å²) in [4.78, 5) is 10.2. The van der Waals surface area contributed by atoms with Crippen LogP contribution in [0.2, 0.25) is 0 Å². The van der Waals surface area contributed by atoms with Crippen molar-refractivity contribution in [2.45, 2.75) is 32.1 Å². The lowest BCUT2D eigenvalue weighted by molar-refractivity contribution is -0.307. The van der Waals surface area contributed by atoms with Crippen LogP contribution in [0.15, 0.2) is 35.6 Å². The first-order valence-corrected chi connectivity index (χ1v) is 5.17. The molecule has 0 spiro atoms. The Morgan fingerprint density at radius 2 is 1.73 bits per heavy atom. The van der Waals surface area contributed by atoms with Gasteiger partial charge in [0.1, 0.15) is 0 Å². The molecule has 0 heterocycles. The predicted molar refractivity (Wildman–Crippen MR) is 56.0 cm³/mol. The van der Waals surface area contributed by atoms with E-state index in [2.05, 4.69) is 0 Å². The first kappa shape index (κ1) is 11.6. The van der Waals surface area contributed by atoms with E-state index in [1.54, 1.807) is 12.2 Å². The lowest BCUT2D eigenvalue weighted by atomic mass is 10.1. The van der Waals surface area contributed by atoms with Crippen molar-refractivity contribution in [3.05, 3.63) is 35.6 Å². The highest BCUT2D eigenvalue weighted by molar-refractivity contribution is 5.66. The largest absolute Gasteiger partial charge is 0.875 e. The van der Waals surface area contributed by atoms with Gasteiger partial charge in [0.25, 0.3) is 0 Å². The van der Waals surface area contributed by atoms with Crippen molar-refractivity contribution in [3.8, 4) is 0 Å². The fraction of sp³-hybridized carbons (Fsp3) is 0.417. The summed E-state index contributed by atoms with van der Waals surface area (Å²) in [6.45, 7) is 0. The van der Waals surface area contributed by atoms with Gasteiger partial charge in [-0.3, -0.25) is 4.79 Å². The van der Waals surface area contributed by atoms with Crippen LogP contribution in [-0.4, -0.2) is 11.1 Å². The summed E-state index contributed by atoms with van der Waals surface area (Å²) in [6.07, 6.45) is 10.3. The Labute approximate surface area is 89.4 Å². The van der Waals surface area contributed by atoms with Crippen molar-refractivity contribution in [3.63, 3.8) is 0 Å². The van der Waals surface area contributed by atoms with Crippen LogP contribution < -0.4 is 5.11 Å². The SMILES string of the molecule is O=C(O)CCCCCC([O-])=C1C=CC=C1. The molecule has 82 valence electrons. The molecule has 1 N–H and O–H groups in total. The molecule has 3 heteroatoms. The fourth-order valence-electron chi connectivity index (χ4n) is 1.44. The van der Waals surface area contributed by atoms with Gasteiger partial charge < -0.3 is 10.2 Å². The van der Waals surface area contributed by atoms with Crippen molar-refractivity contribution >= 4 is 5.97 Å². The Bertz CT molecular complexity index is 297. The number of rotatable bonds is 6. The van der Waals surface area contributed by atoms with Crippen molar-refractivity contribution in [2.24, 2.45) is 0 Å². The van der Waals surface area contributed by atoms with E-state index in [9.17, 15) is 9.90 Å². The van der Waals surface area contributed by atoms with Gasteiger partial charge in [-0.25, -0.2) is 0 Å². The second-order valence-electron chi connectivity index (χ2n) is 3.55. The molecule has 0 aliphatic heterocycles. The second kappa shape index (κ2) is 6.06. The first-order valence-electron chi connectivity index (χ1n) is 5.17. The van der Waals surface area contributed by atoms with Gasteiger partial charge >= 0.3 is 5.97 Å². The molecule has 0 saturated carbocycles. The average Bonchev–Trinajstić information content (AvgIpc) is 2.69. The van der Waals surface area contributed by atoms with Crippen LogP contribution in [0, 0.1) is 0 Å². The number of carbonyl (C=O) groups is 1. The third-order valence-corrected chi connectivity index (χ3v) is 2.28. The van der Waals surface area contributed by atoms with Crippen molar-refractivity contribution in [2.75, 3.05) is 0 Å². The minimum atomic E-state index is -0.766. The Hall–Kier alpha value is -1.51. The smallest absolute Gasteiger partial charge is 0.303 e. The average molecular weight is 207 g/mol. The third kappa shape index (κ3) is 4.49. The predicted octanol–water partition coefficient (Wildman–Crippen LogP) is 1.76. The van der Waals surface area contributed by atoms with Crippen LogP contribution in [0.3, 0.4) is 0 Å². The summed E-state index contributed by atoms with van der Waals surface area (Å²) in [5.41, 5.74) is 0.758. The second-order valence-corrected chi connectivity index (χ2v) is 3.55. The summed E-state index contributed by atoms with van der Waals surface area (Å²) in [5, 5.41) is 19.9. The molecule has 1 aliphatic rings. The Kier molecular flexibility index (Phi) is 4.68. The lowest BCUT2D eigenvalue weighted by Gasteiger charge is -2.13. The zero-order chi connectivity index (χ0) is 11.1. The molecule has 0 aromatic heterocycles. The number of hydrogen-bond acceptors (Lipinski definition) is 2. The number of carboxylic acids is 1. The number of carboxylic acid groups (broad SMARTS) is 1. The van der Waals surface area contributed by atoms with Crippen LogP contribution in [0.4, 0.5) is 0 Å². The highest BCUT2D eigenvalue weighted by atomic mass is 16.4. The molecule has 0 fully saturated rings. The Morgan fingerprint density at radius 1 is 1.13 bits per heavy atom. The van der Waals surface area contributed by atoms with Crippen LogP contribution in [0.1, 0.15) is 32.1 Å². The normalized spacial score (nSPS) is 13.5. The fourth-order valence-corrected chi connectivity index (χ4v) is 1.44. The number of allylic oxidation sites excluding steroid dienone is 6. The molecule has 1 aliphatic carbocycles. The molecule has 0 radical (unpaired) electrons. The molecule has 0 bridgehead atoms. The van der Waals surface area contributed by atoms with Gasteiger partial charge in [-0.05, 0) is 18.4 Å². The van der Waals surface area contributed by atoms with Gasteiger partial charge in [-0.1, -0.05) is 37.1 Å². The van der Waals surface area contributed by atoms with Gasteiger partial charge in [0, 0.05) is 6.42 Å². The number of unbranched alkanes of at least 4 members (excludes halogenated alkanes) is 2. The van der Waals surface area contributed by atoms with Crippen LogP contribution in [-0.2, 0) is 4.79 Å². The van der Waals surface area contributed by atoms with E-state index in [1.165, 1.54) is 0 Å². The molecule has 3 nitrogen and oxygen atoms in total. The Morgan fingerprint density at radius 3 is 2.33 bits per heavy atom. The first-order chi connectivity index (χ1) is 7.20. The highest BCUT2D eigenvalue weighted by Gasteiger charge is 1.97. The summed E-state index contributed by atoms with van der Waals surface area (Å²) in [5.74, 6) is -0.618. The number of aliphatic carboxylic acids is 1. The van der Waals surface area contributed by atoms with E-state index in [0.29, 0.717) is 12.8 Å². The quantitative estimate of drug-likeness (QED) is 0.533. The summed E-state index contributed by atoms with van der Waals surface area (Å²) >= 11 is 0. The maximum atomic E-state index is 11.5. The van der Waals surface area contributed by atoms with Crippen LogP contribution in [0.25, 0.3) is 0 Å². The van der Waals surface area contributed by atoms with Crippen LogP contribution in [0.5, 0.6) is 0 Å². The summed E-state index contributed by atoms with van der Waals surface area (Å²) in [7, 11) is 0. The van der Waals surface area contributed by atoms with Gasteiger partial charge in [-0.15, -0.1) is 5.76 Å². The monoisotopic (exact) mass is 207 g/mol. The van der Waals surface area contributed by atoms with Gasteiger partial charge in [-0.2, -0.15) is 0 Å². The zero-order valence-corrected chi connectivity index (χ0v) is 8.61. The zero-order valence-electron chi connectivity index (χ0n) is 8.61. The summed E-state index contributed by atoms with van der Waals surface area (Å²) in [6, 6.07) is 0. The van der Waals surface area contributed by atoms with E-state index in [1.807, 2.05) is 12.2 Å². The van der Waals surface area contributed by atoms with E-state index in [0.717, 1.165) is 18.4 Å². The minimum absolute atomic E-state index is 0.148. The number of hydrogen-bond donors (Lipinski definition) is 1. The van der Waals surface area contributed by atoms with Crippen molar-refractivity contribution in [1.29, 1.82) is 0 Å². The Balaban J connectivity index is 2.15. The van der Waals surface area contributed by atoms with E-state index >= 15 is 0 Å². The molecular formula is C12H15O3-. The van der Waals surface area contributed by atoms with Gasteiger partial charge in [0.15, 0.2) is 0 Å². The minimum Gasteiger partial charge on any atom is -0.875 e. The highest BCUT2D eigenvalue weighted by Crippen LogP contribution is 2.14. The van der Waals surface area contributed by atoms with Crippen molar-refractivity contribution < 1.29 is 15.0 Å². The molecule has 0 aromatic rings. The van der Waals surface area contributed by atoms with Crippen molar-refractivity contribution in [1.82, 2.24) is 0 Å². The standard InChI is InChI=1S/C12H16O3/c13-11(10-6-4-5-7-10)8-2-1-3-9-12(14)15/h4-7,13H,1-3,8-9H2,(H,14,15)/p-1. The molecular weight excluding hydrogens is 192 g/mol. The van der Waals surface area contributed by atoms with Gasteiger partial charge in [0.05, 0.1) is 0 Å². The van der Waals surface area contributed by atoms with E-state index < -0.39 is 5.97 Å². The van der Waals surface area contributed by atoms with Gasteiger partial charge in [0.2, 0.25) is 0 Å². The molecule has 0 atom stereocenters. The third-order valence-electron chi connectivity index (χ3n) is 2.28. The maximum absolute atomic E-state index is 11.5. The van der Waals surface area contributed by atoms with E-state index in [-0.39, 0.29) is 12.2 Å². The molecule has 1 rings (SSSR count). The maximum Gasteiger partial charge on any atom is 0.303 e. The lowest BCUT2D eigenvalue weighted by Crippen LogP contribution is -2.05. The van der Waals surface area contributed by atoms with Crippen LogP contribution >= 0.6 is 0 Å². The molecule has 15 heavy (non-hydrogen) atoms. The van der Waals surface area contributed by atoms with E-state index in [4.69, 9.17) is 5.11 Å². The molecule has 0 aromatic carbocycles. The molecule has 0 amide bonds. The molecule has 0 saturated heterocycles.